The second kappa shape index (κ2) is 8.27. The number of nitrogens with one attached hydrogen (secondary N) is 1. The van der Waals surface area contributed by atoms with Crippen LogP contribution in [0.5, 0.6) is 11.5 Å². The minimum absolute atomic E-state index is 0.634. The molecule has 21 heavy (non-hydrogen) atoms. The Morgan fingerprint density at radius 1 is 1.14 bits per heavy atom. The zero-order valence-corrected chi connectivity index (χ0v) is 12.6. The van der Waals surface area contributed by atoms with Gasteiger partial charge in [-0.05, 0) is 43.7 Å². The summed E-state index contributed by atoms with van der Waals surface area (Å²) in [6.45, 7) is 4.27. The van der Waals surface area contributed by atoms with E-state index in [0.717, 1.165) is 36.6 Å². The first-order valence-corrected chi connectivity index (χ1v) is 7.23. The Labute approximate surface area is 126 Å². The molecule has 0 amide bonds. The van der Waals surface area contributed by atoms with Gasteiger partial charge in [0.1, 0.15) is 0 Å². The van der Waals surface area contributed by atoms with E-state index in [2.05, 4.69) is 16.4 Å². The van der Waals surface area contributed by atoms with Gasteiger partial charge in [0.25, 0.3) is 0 Å². The van der Waals surface area contributed by atoms with Crippen molar-refractivity contribution < 1.29 is 9.47 Å². The number of hydrogen-bond acceptors (Lipinski definition) is 4. The standard InChI is InChI=1S/C17H22N2O2/c1-3-21-16-6-4-5-15(17(16)20-2)13-19-12-9-14-7-10-18-11-8-14/h4-8,10-11,19H,3,9,12-13H2,1-2H3. The van der Waals surface area contributed by atoms with Crippen LogP contribution in [0.2, 0.25) is 0 Å². The number of para-hydroxylation sites is 1. The summed E-state index contributed by atoms with van der Waals surface area (Å²) in [6.07, 6.45) is 4.63. The molecule has 0 unspecified atom stereocenters. The Kier molecular flexibility index (Phi) is 6.03. The fourth-order valence-corrected chi connectivity index (χ4v) is 2.21. The molecule has 1 N–H and O–H groups in total. The lowest BCUT2D eigenvalue weighted by molar-refractivity contribution is 0.308. The summed E-state index contributed by atoms with van der Waals surface area (Å²) in [7, 11) is 1.68. The van der Waals surface area contributed by atoms with Gasteiger partial charge in [0.05, 0.1) is 13.7 Å². The molecule has 1 aromatic carbocycles. The van der Waals surface area contributed by atoms with Crippen molar-refractivity contribution in [2.45, 2.75) is 19.9 Å². The highest BCUT2D eigenvalue weighted by molar-refractivity contribution is 5.46. The molecule has 4 nitrogen and oxygen atoms in total. The summed E-state index contributed by atoms with van der Waals surface area (Å²) in [4.78, 5) is 4.02. The van der Waals surface area contributed by atoms with Crippen molar-refractivity contribution in [3.63, 3.8) is 0 Å². The van der Waals surface area contributed by atoms with Crippen molar-refractivity contribution in [2.24, 2.45) is 0 Å². The maximum Gasteiger partial charge on any atom is 0.165 e. The molecule has 0 saturated heterocycles. The van der Waals surface area contributed by atoms with Gasteiger partial charge in [0, 0.05) is 24.5 Å². The fraction of sp³-hybridized carbons (Fsp3) is 0.353. The predicted octanol–water partition coefficient (Wildman–Crippen LogP) is 2.82. The van der Waals surface area contributed by atoms with Crippen molar-refractivity contribution in [2.75, 3.05) is 20.3 Å². The molecule has 0 spiro atoms. The third-order valence-corrected chi connectivity index (χ3v) is 3.22. The minimum atomic E-state index is 0.634. The number of ether oxygens (including phenoxy) is 2. The second-order valence-corrected chi connectivity index (χ2v) is 4.66. The van der Waals surface area contributed by atoms with E-state index in [1.807, 2.05) is 43.6 Å². The van der Waals surface area contributed by atoms with Crippen LogP contribution in [0.4, 0.5) is 0 Å². The molecule has 0 radical (unpaired) electrons. The number of aromatic nitrogens is 1. The Morgan fingerprint density at radius 2 is 1.95 bits per heavy atom. The van der Waals surface area contributed by atoms with Crippen molar-refractivity contribution in [1.82, 2.24) is 10.3 Å². The van der Waals surface area contributed by atoms with Crippen molar-refractivity contribution in [3.05, 3.63) is 53.9 Å². The highest BCUT2D eigenvalue weighted by Crippen LogP contribution is 2.30. The van der Waals surface area contributed by atoms with Gasteiger partial charge in [0.2, 0.25) is 0 Å². The maximum atomic E-state index is 5.58. The molecule has 0 aliphatic carbocycles. The van der Waals surface area contributed by atoms with Gasteiger partial charge < -0.3 is 14.8 Å². The molecule has 112 valence electrons. The summed E-state index contributed by atoms with van der Waals surface area (Å²) < 4.78 is 11.1. The number of hydrogen-bond donors (Lipinski definition) is 1. The normalized spacial score (nSPS) is 10.4. The van der Waals surface area contributed by atoms with Crippen LogP contribution >= 0.6 is 0 Å². The third-order valence-electron chi connectivity index (χ3n) is 3.22. The monoisotopic (exact) mass is 286 g/mol. The average molecular weight is 286 g/mol. The van der Waals surface area contributed by atoms with Gasteiger partial charge in [-0.25, -0.2) is 0 Å². The predicted molar refractivity (Wildman–Crippen MR) is 83.8 cm³/mol. The van der Waals surface area contributed by atoms with Crippen molar-refractivity contribution >= 4 is 0 Å². The summed E-state index contributed by atoms with van der Waals surface area (Å²) in [5, 5.41) is 3.44. The zero-order valence-electron chi connectivity index (χ0n) is 12.6. The summed E-state index contributed by atoms with van der Waals surface area (Å²) in [5.74, 6) is 1.61. The van der Waals surface area contributed by atoms with Crippen LogP contribution in [0.15, 0.2) is 42.7 Å². The lowest BCUT2D eigenvalue weighted by atomic mass is 10.1. The van der Waals surface area contributed by atoms with Crippen LogP contribution in [-0.2, 0) is 13.0 Å². The first-order chi connectivity index (χ1) is 10.3. The van der Waals surface area contributed by atoms with Crippen molar-refractivity contribution in [3.8, 4) is 11.5 Å². The highest BCUT2D eigenvalue weighted by atomic mass is 16.5. The largest absolute Gasteiger partial charge is 0.493 e. The molecule has 4 heteroatoms. The van der Waals surface area contributed by atoms with Crippen LogP contribution in [0, 0.1) is 0 Å². The SMILES string of the molecule is CCOc1cccc(CNCCc2ccncc2)c1OC. The molecule has 0 bridgehead atoms. The number of pyridine rings is 1. The van der Waals surface area contributed by atoms with Crippen LogP contribution < -0.4 is 14.8 Å². The Bertz CT molecular complexity index is 544. The molecular weight excluding hydrogens is 264 g/mol. The second-order valence-electron chi connectivity index (χ2n) is 4.66. The molecule has 0 atom stereocenters. The van der Waals surface area contributed by atoms with E-state index in [9.17, 15) is 0 Å². The van der Waals surface area contributed by atoms with Crippen LogP contribution in [0.3, 0.4) is 0 Å². The molecule has 1 aromatic heterocycles. The Balaban J connectivity index is 1.89. The fourth-order valence-electron chi connectivity index (χ4n) is 2.21. The van der Waals surface area contributed by atoms with E-state index >= 15 is 0 Å². The van der Waals surface area contributed by atoms with Gasteiger partial charge in [-0.2, -0.15) is 0 Å². The zero-order chi connectivity index (χ0) is 14.9. The molecular formula is C17H22N2O2. The maximum absolute atomic E-state index is 5.58. The number of rotatable bonds is 8. The Morgan fingerprint density at radius 3 is 2.67 bits per heavy atom. The first kappa shape index (κ1) is 15.3. The van der Waals surface area contributed by atoms with Crippen LogP contribution in [-0.4, -0.2) is 25.2 Å². The van der Waals surface area contributed by atoms with Crippen molar-refractivity contribution in [1.29, 1.82) is 0 Å². The molecule has 0 fully saturated rings. The topological polar surface area (TPSA) is 43.4 Å². The van der Waals surface area contributed by atoms with Crippen LogP contribution in [0.25, 0.3) is 0 Å². The quantitative estimate of drug-likeness (QED) is 0.758. The smallest absolute Gasteiger partial charge is 0.165 e. The molecule has 2 rings (SSSR count). The van der Waals surface area contributed by atoms with Crippen LogP contribution in [0.1, 0.15) is 18.1 Å². The highest BCUT2D eigenvalue weighted by Gasteiger charge is 2.09. The van der Waals surface area contributed by atoms with Gasteiger partial charge in [-0.1, -0.05) is 12.1 Å². The molecule has 2 aromatic rings. The summed E-state index contributed by atoms with van der Waals surface area (Å²) in [6, 6.07) is 10.1. The van der Waals surface area contributed by atoms with E-state index in [1.165, 1.54) is 5.56 Å². The van der Waals surface area contributed by atoms with Gasteiger partial charge in [-0.3, -0.25) is 4.98 Å². The lowest BCUT2D eigenvalue weighted by Gasteiger charge is -2.14. The molecule has 0 saturated carbocycles. The Hall–Kier alpha value is -2.07. The third kappa shape index (κ3) is 4.46. The average Bonchev–Trinajstić information content (AvgIpc) is 2.53. The van der Waals surface area contributed by atoms with E-state index in [-0.39, 0.29) is 0 Å². The number of nitrogens with zero attached hydrogens (tertiary/aromatic N) is 1. The van der Waals surface area contributed by atoms with Gasteiger partial charge >= 0.3 is 0 Å². The van der Waals surface area contributed by atoms with Gasteiger partial charge in [-0.15, -0.1) is 0 Å². The van der Waals surface area contributed by atoms with E-state index < -0.39 is 0 Å². The lowest BCUT2D eigenvalue weighted by Crippen LogP contribution is -2.17. The van der Waals surface area contributed by atoms with E-state index in [4.69, 9.17) is 9.47 Å². The van der Waals surface area contributed by atoms with E-state index in [1.54, 1.807) is 7.11 Å². The number of benzene rings is 1. The molecule has 0 aliphatic rings. The van der Waals surface area contributed by atoms with Gasteiger partial charge in [0.15, 0.2) is 11.5 Å². The summed E-state index contributed by atoms with van der Waals surface area (Å²) in [5.41, 5.74) is 2.39. The first-order valence-electron chi connectivity index (χ1n) is 7.23. The molecule has 1 heterocycles. The summed E-state index contributed by atoms with van der Waals surface area (Å²) >= 11 is 0. The molecule has 0 aliphatic heterocycles. The van der Waals surface area contributed by atoms with E-state index in [0.29, 0.717) is 6.61 Å². The minimum Gasteiger partial charge on any atom is -0.493 e. The number of methoxy groups -OCH3 is 1.